The molecule has 0 amide bonds. The second-order valence-electron chi connectivity index (χ2n) is 5.95. The van der Waals surface area contributed by atoms with E-state index in [2.05, 4.69) is 33.1 Å². The van der Waals surface area contributed by atoms with Gasteiger partial charge in [-0.2, -0.15) is 0 Å². The smallest absolute Gasteiger partial charge is 0.194 e. The van der Waals surface area contributed by atoms with E-state index >= 15 is 0 Å². The molecule has 2 fully saturated rings. The number of hydrogen-bond acceptors (Lipinski definition) is 4. The summed E-state index contributed by atoms with van der Waals surface area (Å²) in [7, 11) is 0. The molecule has 1 N–H and O–H groups in total. The lowest BCUT2D eigenvalue weighted by Gasteiger charge is -2.29. The van der Waals surface area contributed by atoms with Gasteiger partial charge in [0.25, 0.3) is 0 Å². The van der Waals surface area contributed by atoms with Crippen LogP contribution in [0.3, 0.4) is 0 Å². The van der Waals surface area contributed by atoms with Crippen molar-refractivity contribution < 1.29 is 4.74 Å². The Morgan fingerprint density at radius 2 is 2.00 bits per heavy atom. The van der Waals surface area contributed by atoms with Gasteiger partial charge in [-0.1, -0.05) is 6.07 Å². The number of halogens is 1. The van der Waals surface area contributed by atoms with Gasteiger partial charge in [-0.3, -0.25) is 0 Å². The number of likely N-dealkylation sites (tertiary alicyclic amines) is 1. The number of aliphatic imine (C=N–C) groups is 1. The summed E-state index contributed by atoms with van der Waals surface area (Å²) in [5.41, 5.74) is 1.18. The van der Waals surface area contributed by atoms with E-state index < -0.39 is 0 Å². The summed E-state index contributed by atoms with van der Waals surface area (Å²) in [5, 5.41) is 3.42. The molecular formula is C17H28IN5O. The Kier molecular flexibility index (Phi) is 8.04. The van der Waals surface area contributed by atoms with Crippen LogP contribution in [-0.4, -0.2) is 61.8 Å². The van der Waals surface area contributed by atoms with E-state index in [4.69, 9.17) is 9.73 Å². The topological polar surface area (TPSA) is 53.0 Å². The van der Waals surface area contributed by atoms with Crippen LogP contribution in [0.4, 0.5) is 5.82 Å². The zero-order valence-electron chi connectivity index (χ0n) is 14.4. The molecule has 0 spiro atoms. The SMILES string of the molecule is CCNC(=NCc1cccnc1N1CCOCC1)N1CCCC1.I. The molecule has 134 valence electrons. The van der Waals surface area contributed by atoms with Crippen LogP contribution in [0.15, 0.2) is 23.3 Å². The van der Waals surface area contributed by atoms with Gasteiger partial charge in [-0.05, 0) is 25.8 Å². The first kappa shape index (κ1) is 19.2. The molecule has 6 nitrogen and oxygen atoms in total. The molecule has 1 aromatic rings. The van der Waals surface area contributed by atoms with Crippen molar-refractivity contribution in [3.05, 3.63) is 23.9 Å². The third kappa shape index (κ3) is 4.95. The molecule has 0 bridgehead atoms. The molecule has 1 aromatic heterocycles. The molecule has 0 radical (unpaired) electrons. The number of ether oxygens (including phenoxy) is 1. The maximum absolute atomic E-state index is 5.45. The highest BCUT2D eigenvalue weighted by atomic mass is 127. The number of nitrogens with zero attached hydrogens (tertiary/aromatic N) is 4. The molecule has 3 heterocycles. The van der Waals surface area contributed by atoms with Gasteiger partial charge in [0.2, 0.25) is 0 Å². The van der Waals surface area contributed by atoms with Gasteiger partial charge in [0.1, 0.15) is 5.82 Å². The van der Waals surface area contributed by atoms with Gasteiger partial charge in [0.15, 0.2) is 5.96 Å². The van der Waals surface area contributed by atoms with Crippen LogP contribution < -0.4 is 10.2 Å². The monoisotopic (exact) mass is 445 g/mol. The lowest BCUT2D eigenvalue weighted by Crippen LogP contribution is -2.39. The molecule has 2 aliphatic heterocycles. The fourth-order valence-corrected chi connectivity index (χ4v) is 3.13. The van der Waals surface area contributed by atoms with Crippen LogP contribution in [-0.2, 0) is 11.3 Å². The molecule has 0 aliphatic carbocycles. The molecule has 0 aromatic carbocycles. The van der Waals surface area contributed by atoms with E-state index in [9.17, 15) is 0 Å². The summed E-state index contributed by atoms with van der Waals surface area (Å²) >= 11 is 0. The molecule has 7 heteroatoms. The van der Waals surface area contributed by atoms with Crippen LogP contribution in [0.5, 0.6) is 0 Å². The fraction of sp³-hybridized carbons (Fsp3) is 0.647. The van der Waals surface area contributed by atoms with Crippen LogP contribution in [0.1, 0.15) is 25.3 Å². The standard InChI is InChI=1S/C17H27N5O.HI/c1-2-18-17(22-8-3-4-9-22)20-14-15-6-5-7-19-16(15)21-10-12-23-13-11-21;/h5-7H,2-4,8-14H2,1H3,(H,18,20);1H. The largest absolute Gasteiger partial charge is 0.378 e. The Morgan fingerprint density at radius 3 is 2.71 bits per heavy atom. The number of pyridine rings is 1. The average molecular weight is 445 g/mol. The lowest BCUT2D eigenvalue weighted by atomic mass is 10.2. The summed E-state index contributed by atoms with van der Waals surface area (Å²) in [6.45, 7) is 9.25. The van der Waals surface area contributed by atoms with E-state index in [-0.39, 0.29) is 24.0 Å². The minimum Gasteiger partial charge on any atom is -0.378 e. The van der Waals surface area contributed by atoms with Crippen molar-refractivity contribution in [1.29, 1.82) is 0 Å². The number of hydrogen-bond donors (Lipinski definition) is 1. The Labute approximate surface area is 161 Å². The number of morpholine rings is 1. The van der Waals surface area contributed by atoms with E-state index in [0.717, 1.165) is 57.7 Å². The molecule has 3 rings (SSSR count). The summed E-state index contributed by atoms with van der Waals surface area (Å²) in [6.07, 6.45) is 4.39. The highest BCUT2D eigenvalue weighted by molar-refractivity contribution is 14.0. The number of anilines is 1. The van der Waals surface area contributed by atoms with Gasteiger partial charge in [0, 0.05) is 44.5 Å². The van der Waals surface area contributed by atoms with Crippen molar-refractivity contribution in [3.8, 4) is 0 Å². The zero-order chi connectivity index (χ0) is 15.9. The Morgan fingerprint density at radius 1 is 1.25 bits per heavy atom. The van der Waals surface area contributed by atoms with Gasteiger partial charge in [-0.15, -0.1) is 24.0 Å². The minimum atomic E-state index is 0. The van der Waals surface area contributed by atoms with Crippen molar-refractivity contribution >= 4 is 35.8 Å². The molecule has 2 aliphatic rings. The molecular weight excluding hydrogens is 417 g/mol. The number of nitrogens with one attached hydrogen (secondary N) is 1. The summed E-state index contributed by atoms with van der Waals surface area (Å²) in [5.74, 6) is 2.08. The molecule has 24 heavy (non-hydrogen) atoms. The quantitative estimate of drug-likeness (QED) is 0.437. The first-order chi connectivity index (χ1) is 11.4. The van der Waals surface area contributed by atoms with Crippen LogP contribution in [0, 0.1) is 0 Å². The van der Waals surface area contributed by atoms with E-state index in [1.807, 2.05) is 12.3 Å². The van der Waals surface area contributed by atoms with Crippen molar-refractivity contribution in [3.63, 3.8) is 0 Å². The number of guanidine groups is 1. The summed E-state index contributed by atoms with van der Waals surface area (Å²) in [4.78, 5) is 14.1. The van der Waals surface area contributed by atoms with Gasteiger partial charge >= 0.3 is 0 Å². The first-order valence-corrected chi connectivity index (χ1v) is 8.68. The highest BCUT2D eigenvalue weighted by Gasteiger charge is 2.18. The van der Waals surface area contributed by atoms with Crippen molar-refractivity contribution in [2.75, 3.05) is 50.8 Å². The van der Waals surface area contributed by atoms with Crippen molar-refractivity contribution in [2.24, 2.45) is 4.99 Å². The van der Waals surface area contributed by atoms with E-state index in [0.29, 0.717) is 6.54 Å². The predicted octanol–water partition coefficient (Wildman–Crippen LogP) is 2.10. The second kappa shape index (κ2) is 10.0. The van der Waals surface area contributed by atoms with E-state index in [1.54, 1.807) is 0 Å². The van der Waals surface area contributed by atoms with E-state index in [1.165, 1.54) is 18.4 Å². The maximum Gasteiger partial charge on any atom is 0.194 e. The molecule has 0 unspecified atom stereocenters. The lowest BCUT2D eigenvalue weighted by molar-refractivity contribution is 0.122. The third-order valence-electron chi connectivity index (χ3n) is 4.32. The summed E-state index contributed by atoms with van der Waals surface area (Å²) in [6, 6.07) is 4.13. The van der Waals surface area contributed by atoms with Crippen molar-refractivity contribution in [2.45, 2.75) is 26.3 Å². The maximum atomic E-state index is 5.45. The van der Waals surface area contributed by atoms with Gasteiger partial charge < -0.3 is 19.9 Å². The third-order valence-corrected chi connectivity index (χ3v) is 4.32. The summed E-state index contributed by atoms with van der Waals surface area (Å²) < 4.78 is 5.45. The minimum absolute atomic E-state index is 0. The molecule has 0 atom stereocenters. The molecule has 0 saturated carbocycles. The fourth-order valence-electron chi connectivity index (χ4n) is 3.13. The Bertz CT molecular complexity index is 527. The number of aromatic nitrogens is 1. The normalized spacial score (nSPS) is 18.5. The van der Waals surface area contributed by atoms with Crippen LogP contribution in [0.25, 0.3) is 0 Å². The molecule has 2 saturated heterocycles. The second-order valence-corrected chi connectivity index (χ2v) is 5.95. The Hall–Kier alpha value is -1.09. The zero-order valence-corrected chi connectivity index (χ0v) is 16.7. The Balaban J connectivity index is 0.00000208. The van der Waals surface area contributed by atoms with Crippen LogP contribution in [0.2, 0.25) is 0 Å². The number of rotatable bonds is 4. The highest BCUT2D eigenvalue weighted by Crippen LogP contribution is 2.19. The van der Waals surface area contributed by atoms with Gasteiger partial charge in [0.05, 0.1) is 19.8 Å². The van der Waals surface area contributed by atoms with Gasteiger partial charge in [-0.25, -0.2) is 9.98 Å². The average Bonchev–Trinajstić information content (AvgIpc) is 3.14. The van der Waals surface area contributed by atoms with Crippen LogP contribution >= 0.6 is 24.0 Å². The first-order valence-electron chi connectivity index (χ1n) is 8.68. The van der Waals surface area contributed by atoms with Crippen molar-refractivity contribution in [1.82, 2.24) is 15.2 Å². The predicted molar refractivity (Wildman–Crippen MR) is 108 cm³/mol.